The summed E-state index contributed by atoms with van der Waals surface area (Å²) in [5, 5.41) is 8.78. The van der Waals surface area contributed by atoms with Crippen molar-refractivity contribution < 1.29 is 19.4 Å². The summed E-state index contributed by atoms with van der Waals surface area (Å²) in [7, 11) is 0. The molecule has 0 spiro atoms. The fraction of sp³-hybridized carbons (Fsp3) is 0.273. The summed E-state index contributed by atoms with van der Waals surface area (Å²) in [5.74, 6) is -0.837. The molecule has 5 heteroatoms. The van der Waals surface area contributed by atoms with Crippen LogP contribution < -0.4 is 9.64 Å². The Hall–Kier alpha value is -2.04. The Bertz CT molecular complexity index is 430. The smallest absolute Gasteiger partial charge is 0.323 e. The number of aliphatic carboxylic acids is 1. The molecule has 1 N–H and O–H groups in total. The molecular formula is C11H11NO4. The van der Waals surface area contributed by atoms with Gasteiger partial charge in [0.2, 0.25) is 0 Å². The molecule has 16 heavy (non-hydrogen) atoms. The van der Waals surface area contributed by atoms with Crippen molar-refractivity contribution >= 4 is 17.6 Å². The lowest BCUT2D eigenvalue weighted by molar-refractivity contribution is -0.136. The van der Waals surface area contributed by atoms with E-state index in [1.807, 2.05) is 0 Å². The quantitative estimate of drug-likeness (QED) is 0.593. The number of carboxylic acids is 1. The number of anilines is 1. The van der Waals surface area contributed by atoms with E-state index >= 15 is 0 Å². The van der Waals surface area contributed by atoms with Crippen molar-refractivity contribution in [3.63, 3.8) is 0 Å². The van der Waals surface area contributed by atoms with Crippen molar-refractivity contribution in [3.8, 4) is 5.75 Å². The van der Waals surface area contributed by atoms with Crippen molar-refractivity contribution in [1.82, 2.24) is 0 Å². The average Bonchev–Trinajstić information content (AvgIpc) is 2.38. The van der Waals surface area contributed by atoms with Crippen LogP contribution in [0.5, 0.6) is 5.75 Å². The van der Waals surface area contributed by atoms with Crippen LogP contribution in [0.3, 0.4) is 0 Å². The third-order valence-electron chi connectivity index (χ3n) is 2.34. The minimum absolute atomic E-state index is 0.131. The molecule has 0 unspecified atom stereocenters. The van der Waals surface area contributed by atoms with E-state index in [1.54, 1.807) is 29.2 Å². The second-order valence-corrected chi connectivity index (χ2v) is 3.51. The highest BCUT2D eigenvalue weighted by atomic mass is 16.5. The molecule has 5 nitrogen and oxygen atoms in total. The zero-order valence-corrected chi connectivity index (χ0v) is 8.55. The van der Waals surface area contributed by atoms with E-state index in [0.29, 0.717) is 18.0 Å². The van der Waals surface area contributed by atoms with Crippen molar-refractivity contribution in [2.75, 3.05) is 18.0 Å². The van der Waals surface area contributed by atoms with Crippen LogP contribution in [0, 0.1) is 0 Å². The fourth-order valence-electron chi connectivity index (χ4n) is 1.65. The molecule has 1 aromatic rings. The number of nitrogens with zero attached hydrogens (tertiary/aromatic N) is 1. The first kappa shape index (κ1) is 10.5. The molecule has 0 aliphatic carbocycles. The number of carboxylic acid groups (broad SMARTS) is 1. The summed E-state index contributed by atoms with van der Waals surface area (Å²) in [6.45, 7) is 0.232. The van der Waals surface area contributed by atoms with Crippen LogP contribution in [0.25, 0.3) is 0 Å². The number of carbonyl (C=O) groups is 2. The molecule has 0 saturated heterocycles. The predicted octanol–water partition coefficient (Wildman–Crippen LogP) is 0.887. The zero-order valence-electron chi connectivity index (χ0n) is 8.55. The Morgan fingerprint density at radius 1 is 1.44 bits per heavy atom. The first-order valence-electron chi connectivity index (χ1n) is 4.93. The van der Waals surface area contributed by atoms with Gasteiger partial charge in [-0.3, -0.25) is 9.59 Å². The summed E-state index contributed by atoms with van der Waals surface area (Å²) < 4.78 is 5.10. The van der Waals surface area contributed by atoms with E-state index in [0.717, 1.165) is 0 Å². The van der Waals surface area contributed by atoms with E-state index in [4.69, 9.17) is 9.84 Å². The van der Waals surface area contributed by atoms with E-state index < -0.39 is 5.97 Å². The summed E-state index contributed by atoms with van der Waals surface area (Å²) >= 11 is 0. The van der Waals surface area contributed by atoms with Gasteiger partial charge in [-0.2, -0.15) is 0 Å². The molecular weight excluding hydrogens is 210 g/mol. The third kappa shape index (κ3) is 2.13. The molecule has 0 bridgehead atoms. The summed E-state index contributed by atoms with van der Waals surface area (Å²) in [6.07, 6.45) is 0.196. The van der Waals surface area contributed by atoms with Crippen LogP contribution in [0.15, 0.2) is 24.3 Å². The molecule has 0 atom stereocenters. The number of ether oxygens (including phenoxy) is 1. The van der Waals surface area contributed by atoms with Crippen molar-refractivity contribution in [2.24, 2.45) is 0 Å². The maximum atomic E-state index is 11.3. The van der Waals surface area contributed by atoms with Gasteiger partial charge >= 0.3 is 11.9 Å². The Morgan fingerprint density at radius 2 is 2.19 bits per heavy atom. The number of rotatable bonds is 2. The number of hydrogen-bond acceptors (Lipinski definition) is 4. The Morgan fingerprint density at radius 3 is 2.94 bits per heavy atom. The molecule has 2 rings (SSSR count). The standard InChI is InChI=1S/C11H11NO4/c13-10(14)7-12-6-5-11(15)16-9-4-2-1-3-8(9)12/h1-4H,5-7H2,(H,13,14). The number of carbonyl (C=O) groups excluding carboxylic acids is 1. The number of fused-ring (bicyclic) bond motifs is 1. The lowest BCUT2D eigenvalue weighted by Crippen LogP contribution is -2.30. The van der Waals surface area contributed by atoms with Crippen LogP contribution in [0.1, 0.15) is 6.42 Å². The fourth-order valence-corrected chi connectivity index (χ4v) is 1.65. The highest BCUT2D eigenvalue weighted by Gasteiger charge is 2.21. The predicted molar refractivity (Wildman–Crippen MR) is 56.5 cm³/mol. The molecule has 1 aliphatic rings. The first-order valence-corrected chi connectivity index (χ1v) is 4.93. The van der Waals surface area contributed by atoms with E-state index in [9.17, 15) is 9.59 Å². The van der Waals surface area contributed by atoms with Crippen LogP contribution in [0.2, 0.25) is 0 Å². The number of esters is 1. The normalized spacial score (nSPS) is 15.0. The van der Waals surface area contributed by atoms with Crippen LogP contribution in [-0.2, 0) is 9.59 Å². The van der Waals surface area contributed by atoms with Gasteiger partial charge < -0.3 is 14.7 Å². The van der Waals surface area contributed by atoms with Gasteiger partial charge in [0.05, 0.1) is 12.1 Å². The van der Waals surface area contributed by atoms with Crippen molar-refractivity contribution in [2.45, 2.75) is 6.42 Å². The number of hydrogen-bond donors (Lipinski definition) is 1. The third-order valence-corrected chi connectivity index (χ3v) is 2.34. The van der Waals surface area contributed by atoms with Gasteiger partial charge in [-0.05, 0) is 12.1 Å². The Labute approximate surface area is 92.2 Å². The van der Waals surface area contributed by atoms with Gasteiger partial charge in [0.25, 0.3) is 0 Å². The minimum atomic E-state index is -0.927. The van der Waals surface area contributed by atoms with Gasteiger partial charge in [-0.1, -0.05) is 12.1 Å². The Kier molecular flexibility index (Phi) is 2.76. The molecule has 84 valence electrons. The number of para-hydroxylation sites is 2. The number of benzene rings is 1. The second-order valence-electron chi connectivity index (χ2n) is 3.51. The molecule has 0 radical (unpaired) electrons. The molecule has 1 heterocycles. The van der Waals surface area contributed by atoms with E-state index in [-0.39, 0.29) is 18.9 Å². The lowest BCUT2D eigenvalue weighted by atomic mass is 10.2. The summed E-state index contributed by atoms with van der Waals surface area (Å²) in [4.78, 5) is 23.6. The monoisotopic (exact) mass is 221 g/mol. The molecule has 0 saturated carbocycles. The average molecular weight is 221 g/mol. The van der Waals surface area contributed by atoms with Gasteiger partial charge in [0, 0.05) is 6.54 Å². The molecule has 0 aromatic heterocycles. The largest absolute Gasteiger partial charge is 0.480 e. The summed E-state index contributed by atoms with van der Waals surface area (Å²) in [6, 6.07) is 6.94. The zero-order chi connectivity index (χ0) is 11.5. The highest BCUT2D eigenvalue weighted by Crippen LogP contribution is 2.30. The van der Waals surface area contributed by atoms with Crippen LogP contribution in [-0.4, -0.2) is 30.1 Å². The summed E-state index contributed by atoms with van der Waals surface area (Å²) in [5.41, 5.74) is 0.649. The topological polar surface area (TPSA) is 66.8 Å². The van der Waals surface area contributed by atoms with Gasteiger partial charge in [0.15, 0.2) is 5.75 Å². The van der Waals surface area contributed by atoms with Crippen molar-refractivity contribution in [1.29, 1.82) is 0 Å². The van der Waals surface area contributed by atoms with Crippen LogP contribution >= 0.6 is 0 Å². The second kappa shape index (κ2) is 4.22. The SMILES string of the molecule is O=C(O)CN1CCC(=O)Oc2ccccc21. The Balaban J connectivity index is 2.34. The van der Waals surface area contributed by atoms with Gasteiger partial charge in [-0.15, -0.1) is 0 Å². The molecule has 0 fully saturated rings. The maximum absolute atomic E-state index is 11.3. The van der Waals surface area contributed by atoms with E-state index in [1.165, 1.54) is 0 Å². The molecule has 1 aromatic carbocycles. The van der Waals surface area contributed by atoms with Crippen LogP contribution in [0.4, 0.5) is 5.69 Å². The van der Waals surface area contributed by atoms with Gasteiger partial charge in [-0.25, -0.2) is 0 Å². The molecule has 1 aliphatic heterocycles. The highest BCUT2D eigenvalue weighted by molar-refractivity contribution is 5.81. The first-order chi connectivity index (χ1) is 7.66. The van der Waals surface area contributed by atoms with E-state index in [2.05, 4.69) is 0 Å². The van der Waals surface area contributed by atoms with Crippen molar-refractivity contribution in [3.05, 3.63) is 24.3 Å². The minimum Gasteiger partial charge on any atom is -0.480 e. The van der Waals surface area contributed by atoms with Gasteiger partial charge in [0.1, 0.15) is 6.54 Å². The molecule has 0 amide bonds. The maximum Gasteiger partial charge on any atom is 0.323 e. The lowest BCUT2D eigenvalue weighted by Gasteiger charge is -2.20.